The highest BCUT2D eigenvalue weighted by Gasteiger charge is 2.35. The van der Waals surface area contributed by atoms with Crippen LogP contribution in [0.2, 0.25) is 5.02 Å². The molecule has 2 bridgehead atoms. The van der Waals surface area contributed by atoms with Crippen molar-refractivity contribution in [2.75, 3.05) is 19.6 Å². The van der Waals surface area contributed by atoms with E-state index >= 15 is 0 Å². The van der Waals surface area contributed by atoms with Gasteiger partial charge in [-0.15, -0.1) is 0 Å². The number of rotatable bonds is 2. The van der Waals surface area contributed by atoms with Crippen molar-refractivity contribution >= 4 is 28.5 Å². The molecule has 1 N–H and O–H groups in total. The summed E-state index contributed by atoms with van der Waals surface area (Å²) in [4.78, 5) is 14.9. The fourth-order valence-corrected chi connectivity index (χ4v) is 3.80. The van der Waals surface area contributed by atoms with Gasteiger partial charge in [-0.2, -0.15) is 0 Å². The number of nitrogens with one attached hydrogen (secondary N) is 1. The minimum atomic E-state index is -0.199. The van der Waals surface area contributed by atoms with Gasteiger partial charge >= 0.3 is 0 Å². The van der Waals surface area contributed by atoms with Crippen molar-refractivity contribution in [1.82, 2.24) is 10.2 Å². The third kappa shape index (κ3) is 2.23. The lowest BCUT2D eigenvalue weighted by Gasteiger charge is -2.44. The van der Waals surface area contributed by atoms with Gasteiger partial charge in [0, 0.05) is 18.0 Å². The Morgan fingerprint density at radius 1 is 1.29 bits per heavy atom. The summed E-state index contributed by atoms with van der Waals surface area (Å²) in [5, 5.41) is 4.31. The molecule has 4 heterocycles. The molecule has 5 heteroatoms. The molecule has 0 saturated carbocycles. The molecule has 4 nitrogen and oxygen atoms in total. The van der Waals surface area contributed by atoms with Crippen molar-refractivity contribution in [1.29, 1.82) is 0 Å². The molecule has 0 aliphatic carbocycles. The second kappa shape index (κ2) is 5.04. The maximum absolute atomic E-state index is 12.5. The second-order valence-electron chi connectivity index (χ2n) is 5.96. The molecule has 0 unspecified atom stereocenters. The van der Waals surface area contributed by atoms with Crippen LogP contribution in [0, 0.1) is 5.92 Å². The second-order valence-corrected chi connectivity index (χ2v) is 6.34. The molecule has 3 aliphatic heterocycles. The zero-order valence-corrected chi connectivity index (χ0v) is 12.4. The quantitative estimate of drug-likeness (QED) is 0.928. The Morgan fingerprint density at radius 2 is 2.05 bits per heavy atom. The summed E-state index contributed by atoms with van der Waals surface area (Å²) >= 11 is 6.28. The van der Waals surface area contributed by atoms with E-state index in [0.29, 0.717) is 16.5 Å². The molecule has 5 rings (SSSR count). The molecule has 2 aromatic rings. The standard InChI is InChI=1S/C16H17ClN2O2/c17-14-11-3-1-2-4-13(11)21-15(14)16(20)18-12-9-19-7-5-10(12)6-8-19/h1-4,10,12H,5-9H2,(H,18,20)/t12-/m0/s1. The van der Waals surface area contributed by atoms with Gasteiger partial charge in [0.25, 0.3) is 5.91 Å². The maximum Gasteiger partial charge on any atom is 0.288 e. The first-order chi connectivity index (χ1) is 10.2. The van der Waals surface area contributed by atoms with Crippen LogP contribution in [-0.2, 0) is 0 Å². The first kappa shape index (κ1) is 13.2. The van der Waals surface area contributed by atoms with Crippen LogP contribution in [0.25, 0.3) is 11.0 Å². The van der Waals surface area contributed by atoms with Gasteiger partial charge in [0.1, 0.15) is 5.58 Å². The van der Waals surface area contributed by atoms with Crippen molar-refractivity contribution in [3.8, 4) is 0 Å². The first-order valence-electron chi connectivity index (χ1n) is 7.42. The van der Waals surface area contributed by atoms with E-state index in [1.54, 1.807) is 0 Å². The number of para-hydroxylation sites is 1. The molecular formula is C16H17ClN2O2. The van der Waals surface area contributed by atoms with E-state index in [-0.39, 0.29) is 17.7 Å². The number of fused-ring (bicyclic) bond motifs is 4. The van der Waals surface area contributed by atoms with E-state index in [9.17, 15) is 4.79 Å². The molecule has 3 fully saturated rings. The topological polar surface area (TPSA) is 45.5 Å². The lowest BCUT2D eigenvalue weighted by atomic mass is 9.84. The van der Waals surface area contributed by atoms with Crippen LogP contribution < -0.4 is 5.32 Å². The Labute approximate surface area is 128 Å². The van der Waals surface area contributed by atoms with E-state index in [1.165, 1.54) is 12.8 Å². The molecule has 21 heavy (non-hydrogen) atoms. The van der Waals surface area contributed by atoms with E-state index in [4.69, 9.17) is 16.0 Å². The number of carbonyl (C=O) groups excluding carboxylic acids is 1. The molecule has 1 atom stereocenters. The minimum absolute atomic E-state index is 0.199. The summed E-state index contributed by atoms with van der Waals surface area (Å²) in [5.41, 5.74) is 0.654. The molecule has 110 valence electrons. The van der Waals surface area contributed by atoms with Gasteiger partial charge < -0.3 is 14.6 Å². The van der Waals surface area contributed by atoms with Crippen molar-refractivity contribution in [3.05, 3.63) is 35.0 Å². The number of halogens is 1. The van der Waals surface area contributed by atoms with E-state index < -0.39 is 0 Å². The number of furan rings is 1. The van der Waals surface area contributed by atoms with Gasteiger partial charge in [0.15, 0.2) is 0 Å². The van der Waals surface area contributed by atoms with Crippen molar-refractivity contribution in [2.45, 2.75) is 18.9 Å². The van der Waals surface area contributed by atoms with Gasteiger partial charge in [-0.05, 0) is 44.0 Å². The zero-order chi connectivity index (χ0) is 14.4. The number of hydrogen-bond acceptors (Lipinski definition) is 3. The highest BCUT2D eigenvalue weighted by atomic mass is 35.5. The number of hydrogen-bond donors (Lipinski definition) is 1. The molecule has 3 saturated heterocycles. The van der Waals surface area contributed by atoms with Crippen LogP contribution in [0.3, 0.4) is 0 Å². The average molecular weight is 305 g/mol. The maximum atomic E-state index is 12.5. The smallest absolute Gasteiger partial charge is 0.288 e. The summed E-state index contributed by atoms with van der Waals surface area (Å²) in [6, 6.07) is 7.67. The van der Waals surface area contributed by atoms with Gasteiger partial charge in [-0.3, -0.25) is 4.79 Å². The van der Waals surface area contributed by atoms with Crippen LogP contribution in [-0.4, -0.2) is 36.5 Å². The molecule has 0 spiro atoms. The normalized spacial score (nSPS) is 28.0. The van der Waals surface area contributed by atoms with Gasteiger partial charge in [0.05, 0.1) is 5.02 Å². The Kier molecular flexibility index (Phi) is 3.16. The monoisotopic (exact) mass is 304 g/mol. The summed E-state index contributed by atoms with van der Waals surface area (Å²) in [6.45, 7) is 3.25. The predicted octanol–water partition coefficient (Wildman–Crippen LogP) is 2.91. The van der Waals surface area contributed by atoms with Gasteiger partial charge in [-0.1, -0.05) is 23.7 Å². The van der Waals surface area contributed by atoms with Crippen LogP contribution >= 0.6 is 11.6 Å². The fourth-order valence-electron chi connectivity index (χ4n) is 3.52. The lowest BCUT2D eigenvalue weighted by molar-refractivity contribution is 0.0607. The predicted molar refractivity (Wildman–Crippen MR) is 81.6 cm³/mol. The average Bonchev–Trinajstić information content (AvgIpc) is 2.86. The van der Waals surface area contributed by atoms with Crippen molar-refractivity contribution < 1.29 is 9.21 Å². The van der Waals surface area contributed by atoms with Gasteiger partial charge in [0.2, 0.25) is 5.76 Å². The minimum Gasteiger partial charge on any atom is -0.449 e. The molecule has 1 amide bonds. The zero-order valence-electron chi connectivity index (χ0n) is 11.6. The highest BCUT2D eigenvalue weighted by molar-refractivity contribution is 6.38. The third-order valence-corrected chi connectivity index (χ3v) is 5.09. The molecule has 0 radical (unpaired) electrons. The Balaban J connectivity index is 1.58. The number of amides is 1. The van der Waals surface area contributed by atoms with Crippen LogP contribution in [0.15, 0.2) is 28.7 Å². The summed E-state index contributed by atoms with van der Waals surface area (Å²) in [5.74, 6) is 0.617. The summed E-state index contributed by atoms with van der Waals surface area (Å²) in [7, 11) is 0. The SMILES string of the molecule is O=C(N[C@H]1CN2CCC1CC2)c1oc2ccccc2c1Cl. The first-order valence-corrected chi connectivity index (χ1v) is 7.80. The number of nitrogens with zero attached hydrogens (tertiary/aromatic N) is 1. The number of carbonyl (C=O) groups is 1. The van der Waals surface area contributed by atoms with Crippen LogP contribution in [0.4, 0.5) is 0 Å². The molecule has 1 aromatic heterocycles. The largest absolute Gasteiger partial charge is 0.449 e. The highest BCUT2D eigenvalue weighted by Crippen LogP contribution is 2.31. The van der Waals surface area contributed by atoms with E-state index in [1.807, 2.05) is 24.3 Å². The molecule has 1 aromatic carbocycles. The van der Waals surface area contributed by atoms with E-state index in [0.717, 1.165) is 25.0 Å². The third-order valence-electron chi connectivity index (χ3n) is 4.71. The number of piperidine rings is 3. The van der Waals surface area contributed by atoms with Crippen molar-refractivity contribution in [3.63, 3.8) is 0 Å². The van der Waals surface area contributed by atoms with E-state index in [2.05, 4.69) is 10.2 Å². The Bertz CT molecular complexity index is 689. The van der Waals surface area contributed by atoms with Crippen LogP contribution in [0.1, 0.15) is 23.4 Å². The molecular weight excluding hydrogens is 288 g/mol. The van der Waals surface area contributed by atoms with Crippen molar-refractivity contribution in [2.24, 2.45) is 5.92 Å². The summed E-state index contributed by atoms with van der Waals surface area (Å²) in [6.07, 6.45) is 2.33. The van der Waals surface area contributed by atoms with Gasteiger partial charge in [-0.25, -0.2) is 0 Å². The molecule has 3 aliphatic rings. The summed E-state index contributed by atoms with van der Waals surface area (Å²) < 4.78 is 5.62. The Morgan fingerprint density at radius 3 is 2.71 bits per heavy atom. The number of benzene rings is 1. The Hall–Kier alpha value is -1.52. The van der Waals surface area contributed by atoms with Crippen LogP contribution in [0.5, 0.6) is 0 Å². The fraction of sp³-hybridized carbons (Fsp3) is 0.438. The lowest BCUT2D eigenvalue weighted by Crippen LogP contribution is -2.57.